The average Bonchev–Trinajstić information content (AvgIpc) is 3.10. The van der Waals surface area contributed by atoms with Crippen LogP contribution in [-0.4, -0.2) is 51.9 Å². The molecule has 0 saturated carbocycles. The zero-order chi connectivity index (χ0) is 16.4. The Balaban J connectivity index is 1.49. The molecule has 0 aliphatic carbocycles. The lowest BCUT2D eigenvalue weighted by atomic mass is 9.85. The normalized spacial score (nSPS) is 27.6. The third kappa shape index (κ3) is 3.58. The number of nitrogens with zero attached hydrogens (tertiary/aromatic N) is 4. The van der Waals surface area contributed by atoms with Gasteiger partial charge in [0.15, 0.2) is 0 Å². The molecule has 4 rings (SSSR count). The number of hydrogen-bond donors (Lipinski definition) is 1. The van der Waals surface area contributed by atoms with Crippen molar-refractivity contribution in [2.75, 3.05) is 25.0 Å². The molecule has 128 valence electrons. The Kier molecular flexibility index (Phi) is 4.73. The van der Waals surface area contributed by atoms with Crippen molar-refractivity contribution in [2.45, 2.75) is 38.5 Å². The van der Waals surface area contributed by atoms with Crippen LogP contribution in [0.2, 0.25) is 0 Å². The molecule has 4 heterocycles. The third-order valence-corrected chi connectivity index (χ3v) is 5.58. The molecule has 24 heavy (non-hydrogen) atoms. The molecule has 3 atom stereocenters. The predicted octanol–water partition coefficient (Wildman–Crippen LogP) is 2.33. The number of fused-ring (bicyclic) bond motifs is 1. The molecular formula is C17H23N5OS. The van der Waals surface area contributed by atoms with Gasteiger partial charge in [0.1, 0.15) is 10.8 Å². The van der Waals surface area contributed by atoms with Gasteiger partial charge in [0.05, 0.1) is 24.4 Å². The largest absolute Gasteiger partial charge is 0.376 e. The minimum atomic E-state index is 0.237. The maximum Gasteiger partial charge on any atom is 0.149 e. The van der Waals surface area contributed by atoms with Crippen LogP contribution >= 0.6 is 11.3 Å². The molecule has 0 amide bonds. The highest BCUT2D eigenvalue weighted by molar-refractivity contribution is 7.09. The number of thiazole rings is 1. The van der Waals surface area contributed by atoms with Gasteiger partial charge in [-0.25, -0.2) is 4.98 Å². The molecule has 2 saturated heterocycles. The van der Waals surface area contributed by atoms with Gasteiger partial charge in [-0.1, -0.05) is 0 Å². The highest BCUT2D eigenvalue weighted by atomic mass is 32.1. The van der Waals surface area contributed by atoms with Crippen molar-refractivity contribution in [3.05, 3.63) is 34.4 Å². The predicted molar refractivity (Wildman–Crippen MR) is 94.0 cm³/mol. The van der Waals surface area contributed by atoms with E-state index in [0.717, 1.165) is 44.2 Å². The summed E-state index contributed by atoms with van der Waals surface area (Å²) < 4.78 is 6.12. The van der Waals surface area contributed by atoms with Gasteiger partial charge >= 0.3 is 0 Å². The summed E-state index contributed by atoms with van der Waals surface area (Å²) in [5.41, 5.74) is 0.932. The summed E-state index contributed by atoms with van der Waals surface area (Å²) in [5, 5.41) is 15.2. The van der Waals surface area contributed by atoms with Crippen LogP contribution in [0, 0.1) is 12.8 Å². The van der Waals surface area contributed by atoms with E-state index < -0.39 is 0 Å². The fourth-order valence-corrected chi connectivity index (χ4v) is 4.40. The smallest absolute Gasteiger partial charge is 0.149 e. The minimum Gasteiger partial charge on any atom is -0.376 e. The Morgan fingerprint density at radius 1 is 1.33 bits per heavy atom. The Labute approximate surface area is 146 Å². The lowest BCUT2D eigenvalue weighted by Gasteiger charge is -2.46. The number of nitrogens with one attached hydrogen (secondary N) is 1. The Hall–Kier alpha value is -1.57. The summed E-state index contributed by atoms with van der Waals surface area (Å²) in [7, 11) is 0. The van der Waals surface area contributed by atoms with Crippen molar-refractivity contribution in [3.8, 4) is 0 Å². The Morgan fingerprint density at radius 3 is 3.08 bits per heavy atom. The molecule has 2 aliphatic heterocycles. The number of piperidine rings is 1. The summed E-state index contributed by atoms with van der Waals surface area (Å²) in [5.74, 6) is 1.40. The quantitative estimate of drug-likeness (QED) is 0.918. The molecule has 1 N–H and O–H groups in total. The lowest BCUT2D eigenvalue weighted by Crippen LogP contribution is -2.57. The van der Waals surface area contributed by atoms with Crippen molar-refractivity contribution in [1.29, 1.82) is 0 Å². The van der Waals surface area contributed by atoms with E-state index in [1.165, 1.54) is 11.4 Å². The van der Waals surface area contributed by atoms with E-state index in [-0.39, 0.29) is 12.1 Å². The molecule has 0 bridgehead atoms. The second-order valence-electron chi connectivity index (χ2n) is 6.67. The highest BCUT2D eigenvalue weighted by Gasteiger charge is 2.39. The first-order valence-corrected chi connectivity index (χ1v) is 9.45. The SMILES string of the molecule is Cc1ccc(N[C@@H]2CN(Cc3nccs3)C[C@@H]3CCCO[C@@H]32)nn1. The summed E-state index contributed by atoms with van der Waals surface area (Å²) in [6.07, 6.45) is 4.53. The summed E-state index contributed by atoms with van der Waals surface area (Å²) in [4.78, 5) is 6.93. The fourth-order valence-electron chi connectivity index (χ4n) is 3.74. The van der Waals surface area contributed by atoms with Crippen molar-refractivity contribution in [2.24, 2.45) is 5.92 Å². The van der Waals surface area contributed by atoms with Gasteiger partial charge in [-0.05, 0) is 37.8 Å². The Morgan fingerprint density at radius 2 is 2.29 bits per heavy atom. The molecular weight excluding hydrogens is 322 g/mol. The number of likely N-dealkylation sites (tertiary alicyclic amines) is 1. The molecule has 2 aromatic rings. The average molecular weight is 345 g/mol. The first kappa shape index (κ1) is 15.9. The maximum atomic E-state index is 6.12. The summed E-state index contributed by atoms with van der Waals surface area (Å²) in [6, 6.07) is 4.23. The zero-order valence-electron chi connectivity index (χ0n) is 13.9. The molecule has 6 nitrogen and oxygen atoms in total. The molecule has 0 unspecified atom stereocenters. The van der Waals surface area contributed by atoms with Gasteiger partial charge in [-0.15, -0.1) is 16.4 Å². The van der Waals surface area contributed by atoms with Crippen LogP contribution in [0.1, 0.15) is 23.5 Å². The van der Waals surface area contributed by atoms with Crippen molar-refractivity contribution < 1.29 is 4.74 Å². The topological polar surface area (TPSA) is 63.2 Å². The number of rotatable bonds is 4. The van der Waals surface area contributed by atoms with E-state index >= 15 is 0 Å². The van der Waals surface area contributed by atoms with Crippen LogP contribution < -0.4 is 5.32 Å². The van der Waals surface area contributed by atoms with E-state index in [2.05, 4.69) is 25.4 Å². The van der Waals surface area contributed by atoms with Gasteiger partial charge in [-0.2, -0.15) is 5.10 Å². The molecule has 2 aromatic heterocycles. The number of anilines is 1. The third-order valence-electron chi connectivity index (χ3n) is 4.81. The van der Waals surface area contributed by atoms with Crippen LogP contribution in [-0.2, 0) is 11.3 Å². The summed E-state index contributed by atoms with van der Waals surface area (Å²) >= 11 is 1.73. The first-order valence-electron chi connectivity index (χ1n) is 8.57. The fraction of sp³-hybridized carbons (Fsp3) is 0.588. The van der Waals surface area contributed by atoms with Crippen LogP contribution in [0.3, 0.4) is 0 Å². The highest BCUT2D eigenvalue weighted by Crippen LogP contribution is 2.30. The van der Waals surface area contributed by atoms with Crippen LogP contribution in [0.25, 0.3) is 0 Å². The molecule has 2 fully saturated rings. The minimum absolute atomic E-state index is 0.237. The number of hydrogen-bond acceptors (Lipinski definition) is 7. The van der Waals surface area contributed by atoms with Gasteiger partial charge < -0.3 is 10.1 Å². The number of ether oxygens (including phenoxy) is 1. The van der Waals surface area contributed by atoms with E-state index in [0.29, 0.717) is 5.92 Å². The summed E-state index contributed by atoms with van der Waals surface area (Å²) in [6.45, 7) is 5.76. The van der Waals surface area contributed by atoms with Crippen LogP contribution in [0.5, 0.6) is 0 Å². The van der Waals surface area contributed by atoms with Gasteiger partial charge in [0.2, 0.25) is 0 Å². The standard InChI is InChI=1S/C17H23N5OS/c1-12-4-5-15(21-20-12)19-14-10-22(11-16-18-6-8-24-16)9-13-3-2-7-23-17(13)14/h4-6,8,13-14,17H,2-3,7,9-11H2,1H3,(H,19,21)/t13-,14+,17-/m0/s1. The molecule has 2 aliphatic rings. The molecule has 0 spiro atoms. The van der Waals surface area contributed by atoms with E-state index in [4.69, 9.17) is 4.74 Å². The number of aromatic nitrogens is 3. The van der Waals surface area contributed by atoms with Crippen molar-refractivity contribution in [3.63, 3.8) is 0 Å². The second kappa shape index (κ2) is 7.13. The van der Waals surface area contributed by atoms with Crippen LogP contribution in [0.15, 0.2) is 23.7 Å². The van der Waals surface area contributed by atoms with Crippen molar-refractivity contribution in [1.82, 2.24) is 20.1 Å². The van der Waals surface area contributed by atoms with E-state index in [9.17, 15) is 0 Å². The maximum absolute atomic E-state index is 6.12. The lowest BCUT2D eigenvalue weighted by molar-refractivity contribution is -0.0747. The van der Waals surface area contributed by atoms with E-state index in [1.807, 2.05) is 30.6 Å². The van der Waals surface area contributed by atoms with Gasteiger partial charge in [-0.3, -0.25) is 4.90 Å². The Bertz CT molecular complexity index is 648. The first-order chi connectivity index (χ1) is 11.8. The molecule has 0 aromatic carbocycles. The van der Waals surface area contributed by atoms with Gasteiger partial charge in [0, 0.05) is 31.3 Å². The number of aryl methyl sites for hydroxylation is 1. The van der Waals surface area contributed by atoms with Gasteiger partial charge in [0.25, 0.3) is 0 Å². The van der Waals surface area contributed by atoms with Crippen molar-refractivity contribution >= 4 is 17.2 Å². The monoisotopic (exact) mass is 345 g/mol. The molecule has 0 radical (unpaired) electrons. The zero-order valence-corrected chi connectivity index (χ0v) is 14.7. The van der Waals surface area contributed by atoms with E-state index in [1.54, 1.807) is 11.3 Å². The second-order valence-corrected chi connectivity index (χ2v) is 7.65. The van der Waals surface area contributed by atoms with Crippen LogP contribution in [0.4, 0.5) is 5.82 Å². The molecule has 7 heteroatoms.